The minimum atomic E-state index is 0.186. The van der Waals surface area contributed by atoms with Gasteiger partial charge >= 0.3 is 0 Å². The summed E-state index contributed by atoms with van der Waals surface area (Å²) in [4.78, 5) is 0. The Morgan fingerprint density at radius 3 is 2.57 bits per heavy atom. The fourth-order valence-corrected chi connectivity index (χ4v) is 1.75. The zero-order valence-electron chi connectivity index (χ0n) is 8.03. The van der Waals surface area contributed by atoms with Crippen LogP contribution >= 0.6 is 0 Å². The van der Waals surface area contributed by atoms with Crippen molar-refractivity contribution in [1.29, 1.82) is 0 Å². The second-order valence-electron chi connectivity index (χ2n) is 4.19. The number of nitrogens with two attached hydrogens (primary N) is 1. The van der Waals surface area contributed by atoms with Gasteiger partial charge in [0, 0.05) is 0 Å². The van der Waals surface area contributed by atoms with Crippen molar-refractivity contribution in [1.82, 2.24) is 0 Å². The van der Waals surface area contributed by atoms with Gasteiger partial charge < -0.3 is 15.9 Å². The smallest absolute Gasteiger partial charge is 0.119 e. The highest BCUT2D eigenvalue weighted by Gasteiger charge is 2.41. The van der Waals surface area contributed by atoms with Crippen molar-refractivity contribution in [3.63, 3.8) is 0 Å². The molecular formula is C11H15NO2. The van der Waals surface area contributed by atoms with E-state index in [1.165, 1.54) is 12.1 Å². The molecule has 0 saturated heterocycles. The van der Waals surface area contributed by atoms with Crippen molar-refractivity contribution >= 4 is 0 Å². The molecule has 1 aromatic carbocycles. The molecule has 1 fully saturated rings. The normalized spacial score (nSPS) is 18.1. The average Bonchev–Trinajstić information content (AvgIpc) is 2.92. The average molecular weight is 193 g/mol. The molecule has 1 saturated carbocycles. The van der Waals surface area contributed by atoms with Crippen LogP contribution in [0.5, 0.6) is 11.5 Å². The minimum Gasteiger partial charge on any atom is -0.508 e. The third-order valence-electron chi connectivity index (χ3n) is 3.02. The molecule has 0 heterocycles. The van der Waals surface area contributed by atoms with Crippen LogP contribution in [-0.4, -0.2) is 16.8 Å². The number of phenols is 2. The fourth-order valence-electron chi connectivity index (χ4n) is 1.75. The largest absolute Gasteiger partial charge is 0.508 e. The topological polar surface area (TPSA) is 66.5 Å². The van der Waals surface area contributed by atoms with Crippen LogP contribution < -0.4 is 5.73 Å². The lowest BCUT2D eigenvalue weighted by atomic mass is 9.96. The van der Waals surface area contributed by atoms with E-state index >= 15 is 0 Å². The van der Waals surface area contributed by atoms with Crippen molar-refractivity contribution in [2.75, 3.05) is 6.54 Å². The zero-order valence-corrected chi connectivity index (χ0v) is 8.03. The molecule has 0 aromatic heterocycles. The van der Waals surface area contributed by atoms with Crippen LogP contribution in [0.15, 0.2) is 18.2 Å². The number of hydrogen-bond donors (Lipinski definition) is 3. The van der Waals surface area contributed by atoms with E-state index < -0.39 is 0 Å². The van der Waals surface area contributed by atoms with Gasteiger partial charge in [-0.15, -0.1) is 0 Å². The predicted molar refractivity (Wildman–Crippen MR) is 54.2 cm³/mol. The molecule has 3 nitrogen and oxygen atoms in total. The predicted octanol–water partition coefficient (Wildman–Crippen LogP) is 1.38. The first-order chi connectivity index (χ1) is 6.65. The maximum Gasteiger partial charge on any atom is 0.119 e. The van der Waals surface area contributed by atoms with E-state index in [0.29, 0.717) is 6.54 Å². The van der Waals surface area contributed by atoms with Crippen LogP contribution in [0, 0.1) is 5.41 Å². The lowest BCUT2D eigenvalue weighted by Gasteiger charge is -2.13. The standard InChI is InChI=1S/C11H15NO2/c12-7-11(3-4-11)6-8-5-9(13)1-2-10(8)14/h1-2,5,13-14H,3-4,6-7,12H2. The van der Waals surface area contributed by atoms with Gasteiger partial charge in [-0.3, -0.25) is 0 Å². The minimum absolute atomic E-state index is 0.186. The number of hydrogen-bond acceptors (Lipinski definition) is 3. The van der Waals surface area contributed by atoms with Gasteiger partial charge in [0.15, 0.2) is 0 Å². The van der Waals surface area contributed by atoms with Crippen molar-refractivity contribution < 1.29 is 10.2 Å². The lowest BCUT2D eigenvalue weighted by molar-refractivity contribution is 0.440. The highest BCUT2D eigenvalue weighted by Crippen LogP contribution is 2.48. The molecule has 0 unspecified atom stereocenters. The van der Waals surface area contributed by atoms with Gasteiger partial charge in [0.1, 0.15) is 11.5 Å². The molecule has 0 spiro atoms. The molecule has 1 aliphatic rings. The molecule has 1 aromatic rings. The first-order valence-corrected chi connectivity index (χ1v) is 4.86. The highest BCUT2D eigenvalue weighted by molar-refractivity contribution is 5.39. The molecule has 14 heavy (non-hydrogen) atoms. The Morgan fingerprint density at radius 2 is 2.00 bits per heavy atom. The maximum absolute atomic E-state index is 9.57. The summed E-state index contributed by atoms with van der Waals surface area (Å²) in [7, 11) is 0. The van der Waals surface area contributed by atoms with Crippen LogP contribution in [0.4, 0.5) is 0 Å². The van der Waals surface area contributed by atoms with E-state index in [4.69, 9.17) is 5.73 Å². The monoisotopic (exact) mass is 193 g/mol. The molecule has 2 rings (SSSR count). The van der Waals surface area contributed by atoms with Crippen molar-refractivity contribution in [3.8, 4) is 11.5 Å². The summed E-state index contributed by atoms with van der Waals surface area (Å²) < 4.78 is 0. The summed E-state index contributed by atoms with van der Waals surface area (Å²) in [5.41, 5.74) is 6.65. The molecule has 4 N–H and O–H groups in total. The van der Waals surface area contributed by atoms with Crippen LogP contribution in [0.25, 0.3) is 0 Å². The summed E-state index contributed by atoms with van der Waals surface area (Å²) in [5.74, 6) is 0.452. The maximum atomic E-state index is 9.57. The summed E-state index contributed by atoms with van der Waals surface area (Å²) in [6.45, 7) is 0.655. The van der Waals surface area contributed by atoms with Gasteiger partial charge in [-0.05, 0) is 55.0 Å². The van der Waals surface area contributed by atoms with Crippen LogP contribution in [0.3, 0.4) is 0 Å². The van der Waals surface area contributed by atoms with Crippen LogP contribution in [0.2, 0.25) is 0 Å². The Morgan fingerprint density at radius 1 is 1.29 bits per heavy atom. The van der Waals surface area contributed by atoms with Crippen LogP contribution in [0.1, 0.15) is 18.4 Å². The SMILES string of the molecule is NCC1(Cc2cc(O)ccc2O)CC1. The number of aromatic hydroxyl groups is 2. The Kier molecular flexibility index (Phi) is 2.11. The Labute approximate surface area is 83.2 Å². The van der Waals surface area contributed by atoms with E-state index in [9.17, 15) is 10.2 Å². The van der Waals surface area contributed by atoms with Crippen molar-refractivity contribution in [2.24, 2.45) is 11.1 Å². The summed E-state index contributed by atoms with van der Waals surface area (Å²) in [5, 5.41) is 18.9. The third-order valence-corrected chi connectivity index (χ3v) is 3.02. The summed E-state index contributed by atoms with van der Waals surface area (Å²) >= 11 is 0. The van der Waals surface area contributed by atoms with E-state index in [0.717, 1.165) is 24.8 Å². The van der Waals surface area contributed by atoms with Gasteiger partial charge in [-0.2, -0.15) is 0 Å². The summed E-state index contributed by atoms with van der Waals surface area (Å²) in [6, 6.07) is 4.63. The second-order valence-corrected chi connectivity index (χ2v) is 4.19. The molecule has 0 amide bonds. The third kappa shape index (κ3) is 1.68. The van der Waals surface area contributed by atoms with E-state index in [2.05, 4.69) is 0 Å². The van der Waals surface area contributed by atoms with E-state index in [-0.39, 0.29) is 16.9 Å². The Bertz CT molecular complexity index is 345. The molecular weight excluding hydrogens is 178 g/mol. The number of rotatable bonds is 3. The quantitative estimate of drug-likeness (QED) is 0.635. The Hall–Kier alpha value is -1.22. The lowest BCUT2D eigenvalue weighted by Crippen LogP contribution is -2.17. The zero-order chi connectivity index (χ0) is 10.2. The number of phenolic OH excluding ortho intramolecular Hbond substituents is 2. The van der Waals surface area contributed by atoms with Crippen molar-refractivity contribution in [3.05, 3.63) is 23.8 Å². The van der Waals surface area contributed by atoms with E-state index in [1.54, 1.807) is 6.07 Å². The van der Waals surface area contributed by atoms with Gasteiger partial charge in [0.05, 0.1) is 0 Å². The first kappa shape index (κ1) is 9.34. The molecule has 0 bridgehead atoms. The molecule has 0 radical (unpaired) electrons. The molecule has 1 aliphatic carbocycles. The fraction of sp³-hybridized carbons (Fsp3) is 0.455. The van der Waals surface area contributed by atoms with Crippen LogP contribution in [-0.2, 0) is 6.42 Å². The molecule has 3 heteroatoms. The number of benzene rings is 1. The second kappa shape index (κ2) is 3.17. The summed E-state index contributed by atoms with van der Waals surface area (Å²) in [6.07, 6.45) is 3.01. The molecule has 0 atom stereocenters. The van der Waals surface area contributed by atoms with Gasteiger partial charge in [0.25, 0.3) is 0 Å². The Balaban J connectivity index is 2.20. The van der Waals surface area contributed by atoms with E-state index in [1.807, 2.05) is 0 Å². The molecule has 0 aliphatic heterocycles. The van der Waals surface area contributed by atoms with Gasteiger partial charge in [-0.1, -0.05) is 0 Å². The van der Waals surface area contributed by atoms with Gasteiger partial charge in [-0.25, -0.2) is 0 Å². The van der Waals surface area contributed by atoms with Crippen molar-refractivity contribution in [2.45, 2.75) is 19.3 Å². The molecule has 76 valence electrons. The highest BCUT2D eigenvalue weighted by atomic mass is 16.3. The first-order valence-electron chi connectivity index (χ1n) is 4.86. The van der Waals surface area contributed by atoms with Gasteiger partial charge in [0.2, 0.25) is 0 Å².